The summed E-state index contributed by atoms with van der Waals surface area (Å²) in [6, 6.07) is 0. The Kier molecular flexibility index (Phi) is 37.8. The Morgan fingerprint density at radius 1 is 0.615 bits per heavy atom. The Bertz CT molecular complexity index is 1060. The first kappa shape index (κ1) is 49.5. The van der Waals surface area contributed by atoms with Gasteiger partial charge in [-0.25, -0.2) is 4.57 Å². The van der Waals surface area contributed by atoms with Crippen molar-refractivity contribution >= 4 is 13.8 Å². The summed E-state index contributed by atoms with van der Waals surface area (Å²) in [5.74, 6) is -0.437. The molecule has 3 N–H and O–H groups in total. The molecule has 0 amide bonds. The van der Waals surface area contributed by atoms with E-state index in [4.69, 9.17) is 24.3 Å². The van der Waals surface area contributed by atoms with E-state index >= 15 is 0 Å². The normalized spacial score (nSPS) is 14.4. The first-order valence-electron chi connectivity index (χ1n) is 20.1. The Hall–Kier alpha value is -2.48. The summed E-state index contributed by atoms with van der Waals surface area (Å²) in [7, 11) is -4.31. The van der Waals surface area contributed by atoms with Crippen LogP contribution in [0.1, 0.15) is 149 Å². The maximum atomic E-state index is 12.5. The highest BCUT2D eigenvalue weighted by Gasteiger charge is 2.25. The second-order valence-corrected chi connectivity index (χ2v) is 14.3. The van der Waals surface area contributed by atoms with Gasteiger partial charge in [-0.15, -0.1) is 0 Å². The molecule has 0 aliphatic carbocycles. The van der Waals surface area contributed by atoms with Gasteiger partial charge in [0.15, 0.2) is 6.10 Å². The van der Waals surface area contributed by atoms with Crippen LogP contribution in [0.3, 0.4) is 0 Å². The minimum Gasteiger partial charge on any atom is -0.498 e. The van der Waals surface area contributed by atoms with Gasteiger partial charge in [0, 0.05) is 13.0 Å². The molecule has 0 radical (unpaired) electrons. The summed E-state index contributed by atoms with van der Waals surface area (Å²) < 4.78 is 33.0. The number of allylic oxidation sites excluding steroid dienone is 13. The summed E-state index contributed by atoms with van der Waals surface area (Å²) in [4.78, 5) is 22.4. The Labute approximate surface area is 318 Å². The van der Waals surface area contributed by atoms with Crippen LogP contribution in [0.4, 0.5) is 0 Å². The summed E-state index contributed by atoms with van der Waals surface area (Å²) in [5.41, 5.74) is 5.35. The van der Waals surface area contributed by atoms with Gasteiger partial charge < -0.3 is 20.1 Å². The van der Waals surface area contributed by atoms with Crippen LogP contribution < -0.4 is 5.73 Å². The molecular weight excluding hydrogens is 673 g/mol. The van der Waals surface area contributed by atoms with Crippen molar-refractivity contribution in [3.63, 3.8) is 0 Å². The van der Waals surface area contributed by atoms with Crippen molar-refractivity contribution in [2.75, 3.05) is 26.4 Å². The third-order valence-corrected chi connectivity index (χ3v) is 8.89. The lowest BCUT2D eigenvalue weighted by Gasteiger charge is -2.19. The quantitative estimate of drug-likeness (QED) is 0.0212. The molecule has 0 aliphatic rings. The topological polar surface area (TPSA) is 117 Å². The van der Waals surface area contributed by atoms with E-state index in [9.17, 15) is 14.3 Å². The van der Waals surface area contributed by atoms with Crippen molar-refractivity contribution in [1.82, 2.24) is 0 Å². The van der Waals surface area contributed by atoms with Gasteiger partial charge in [-0.3, -0.25) is 13.8 Å². The fraction of sp³-hybridized carbons (Fsp3) is 0.651. The van der Waals surface area contributed by atoms with Crippen LogP contribution in [-0.2, 0) is 27.9 Å². The number of rotatable bonds is 37. The average molecular weight is 748 g/mol. The molecule has 0 aliphatic heterocycles. The summed E-state index contributed by atoms with van der Waals surface area (Å²) in [5, 5.41) is 0. The predicted octanol–water partition coefficient (Wildman–Crippen LogP) is 12.1. The third-order valence-electron chi connectivity index (χ3n) is 7.90. The lowest BCUT2D eigenvalue weighted by atomic mass is 10.0. The molecule has 298 valence electrons. The van der Waals surface area contributed by atoms with E-state index < -0.39 is 19.9 Å². The van der Waals surface area contributed by atoms with Gasteiger partial charge in [0.1, 0.15) is 6.61 Å². The third kappa shape index (κ3) is 38.7. The zero-order valence-electron chi connectivity index (χ0n) is 32.8. The van der Waals surface area contributed by atoms with Gasteiger partial charge in [-0.2, -0.15) is 0 Å². The van der Waals surface area contributed by atoms with Gasteiger partial charge in [0.2, 0.25) is 0 Å². The van der Waals surface area contributed by atoms with Crippen molar-refractivity contribution in [1.29, 1.82) is 0 Å². The number of hydrogen-bond donors (Lipinski definition) is 2. The maximum Gasteiger partial charge on any atom is 0.472 e. The van der Waals surface area contributed by atoms with E-state index in [0.717, 1.165) is 51.4 Å². The SMILES string of the molecule is CCC=CCC=CCC=CCC=CCC=CCC=CCCC(=O)O[C@H](COC=CCCCCCCCCCCCCCC)COP(=O)(O)OCCN. The van der Waals surface area contributed by atoms with E-state index in [-0.39, 0.29) is 32.8 Å². The summed E-state index contributed by atoms with van der Waals surface area (Å²) in [6.45, 7) is 4.02. The zero-order chi connectivity index (χ0) is 38.1. The maximum absolute atomic E-state index is 12.5. The Morgan fingerprint density at radius 3 is 1.60 bits per heavy atom. The van der Waals surface area contributed by atoms with Crippen LogP contribution in [0.25, 0.3) is 0 Å². The number of carbonyl (C=O) groups is 1. The highest BCUT2D eigenvalue weighted by molar-refractivity contribution is 7.47. The van der Waals surface area contributed by atoms with E-state index in [1.807, 2.05) is 18.2 Å². The summed E-state index contributed by atoms with van der Waals surface area (Å²) >= 11 is 0. The van der Waals surface area contributed by atoms with E-state index in [0.29, 0.717) is 6.42 Å². The summed E-state index contributed by atoms with van der Waals surface area (Å²) in [6.07, 6.45) is 51.3. The predicted molar refractivity (Wildman–Crippen MR) is 219 cm³/mol. The first-order chi connectivity index (χ1) is 25.4. The van der Waals surface area contributed by atoms with E-state index in [2.05, 4.69) is 74.6 Å². The fourth-order valence-electron chi connectivity index (χ4n) is 4.99. The molecule has 0 heterocycles. The van der Waals surface area contributed by atoms with Gasteiger partial charge in [0.25, 0.3) is 0 Å². The van der Waals surface area contributed by atoms with Crippen molar-refractivity contribution in [2.24, 2.45) is 5.73 Å². The standard InChI is InChI=1S/C43H74NO7P/c1-3-5-7-9-11-13-15-17-19-20-21-22-23-24-26-28-30-32-34-36-43(45)51-42(41-50-52(46,47)49-39-37-44)40-48-38-35-33-31-29-27-25-18-16-14-12-10-8-6-4-2/h5,7,11,13,17,19,21-22,24,26,30,32,35,38,42H,3-4,6,8-10,12,14-16,18,20,23,25,27-29,31,33-34,36-37,39-41,44H2,1-2H3,(H,46,47)/t42-/m1/s1. The van der Waals surface area contributed by atoms with Crippen molar-refractivity contribution in [3.05, 3.63) is 85.3 Å². The number of ether oxygens (including phenoxy) is 2. The molecule has 0 aromatic carbocycles. The molecule has 0 fully saturated rings. The van der Waals surface area contributed by atoms with Crippen LogP contribution in [0.15, 0.2) is 85.3 Å². The molecule has 2 atom stereocenters. The number of esters is 1. The molecule has 0 rings (SSSR count). The number of unbranched alkanes of at least 4 members (excludes halogenated alkanes) is 12. The first-order valence-corrected chi connectivity index (χ1v) is 21.6. The van der Waals surface area contributed by atoms with E-state index in [1.165, 1.54) is 70.6 Å². The van der Waals surface area contributed by atoms with Crippen molar-refractivity contribution < 1.29 is 32.8 Å². The molecule has 0 saturated heterocycles. The molecular formula is C43H74NO7P. The monoisotopic (exact) mass is 748 g/mol. The highest BCUT2D eigenvalue weighted by Crippen LogP contribution is 2.43. The molecule has 0 bridgehead atoms. The molecule has 0 saturated carbocycles. The number of phosphoric acid groups is 1. The van der Waals surface area contributed by atoms with Crippen LogP contribution in [-0.4, -0.2) is 43.3 Å². The molecule has 1 unspecified atom stereocenters. The molecule has 0 spiro atoms. The van der Waals surface area contributed by atoms with Crippen molar-refractivity contribution in [2.45, 2.75) is 155 Å². The second-order valence-electron chi connectivity index (χ2n) is 12.8. The number of phosphoric ester groups is 1. The average Bonchev–Trinajstić information content (AvgIpc) is 3.13. The number of carbonyl (C=O) groups excluding carboxylic acids is 1. The number of hydrogen-bond acceptors (Lipinski definition) is 7. The largest absolute Gasteiger partial charge is 0.498 e. The van der Waals surface area contributed by atoms with Gasteiger partial charge >= 0.3 is 13.8 Å². The second kappa shape index (κ2) is 39.7. The zero-order valence-corrected chi connectivity index (χ0v) is 33.7. The Morgan fingerprint density at radius 2 is 1.10 bits per heavy atom. The lowest BCUT2D eigenvalue weighted by Crippen LogP contribution is -2.27. The van der Waals surface area contributed by atoms with Gasteiger partial charge in [-0.05, 0) is 63.9 Å². The van der Waals surface area contributed by atoms with E-state index in [1.54, 1.807) is 6.26 Å². The molecule has 0 aromatic rings. The van der Waals surface area contributed by atoms with Crippen LogP contribution in [0.5, 0.6) is 0 Å². The highest BCUT2D eigenvalue weighted by atomic mass is 31.2. The van der Waals surface area contributed by atoms with Crippen LogP contribution >= 0.6 is 7.82 Å². The minimum absolute atomic E-state index is 0.00250. The van der Waals surface area contributed by atoms with Crippen LogP contribution in [0, 0.1) is 0 Å². The lowest BCUT2D eigenvalue weighted by molar-refractivity contribution is -0.153. The van der Waals surface area contributed by atoms with Crippen LogP contribution in [0.2, 0.25) is 0 Å². The van der Waals surface area contributed by atoms with Crippen molar-refractivity contribution in [3.8, 4) is 0 Å². The smallest absolute Gasteiger partial charge is 0.472 e. The van der Waals surface area contributed by atoms with Gasteiger partial charge in [-0.1, -0.05) is 157 Å². The molecule has 52 heavy (non-hydrogen) atoms. The molecule has 8 nitrogen and oxygen atoms in total. The minimum atomic E-state index is -4.31. The molecule has 0 aromatic heterocycles. The fourth-order valence-corrected chi connectivity index (χ4v) is 5.75. The Balaban J connectivity index is 4.28. The van der Waals surface area contributed by atoms with Gasteiger partial charge in [0.05, 0.1) is 19.5 Å². The molecule has 9 heteroatoms. The number of nitrogens with two attached hydrogens (primary N) is 1.